The van der Waals surface area contributed by atoms with Crippen LogP contribution in [0.3, 0.4) is 0 Å². The lowest BCUT2D eigenvalue weighted by atomic mass is 10.2. The zero-order chi connectivity index (χ0) is 20.4. The Labute approximate surface area is 163 Å². The first-order valence-corrected chi connectivity index (χ1v) is 9.04. The summed E-state index contributed by atoms with van der Waals surface area (Å²) in [6.45, 7) is 6.00. The van der Waals surface area contributed by atoms with E-state index in [0.29, 0.717) is 24.7 Å². The second-order valence-corrected chi connectivity index (χ2v) is 5.94. The minimum absolute atomic E-state index is 0.103. The SMILES string of the molecule is CCCCOc1c(Cl)cc(C(=O)O[C@H](C)C(=O)NC(=O)NC)cc1OCC. The summed E-state index contributed by atoms with van der Waals surface area (Å²) in [5.41, 5.74) is 0.103. The fourth-order valence-electron chi connectivity index (χ4n) is 1.97. The largest absolute Gasteiger partial charge is 0.490 e. The minimum Gasteiger partial charge on any atom is -0.490 e. The van der Waals surface area contributed by atoms with Crippen LogP contribution in [-0.4, -0.2) is 44.3 Å². The van der Waals surface area contributed by atoms with Crippen LogP contribution in [0.15, 0.2) is 12.1 Å². The third-order valence-corrected chi connectivity index (χ3v) is 3.69. The number of amides is 3. The number of hydrogen-bond donors (Lipinski definition) is 2. The Bertz CT molecular complexity index is 680. The van der Waals surface area contributed by atoms with Gasteiger partial charge in [0.2, 0.25) is 0 Å². The van der Waals surface area contributed by atoms with Crippen LogP contribution in [0, 0.1) is 0 Å². The zero-order valence-electron chi connectivity index (χ0n) is 15.9. The zero-order valence-corrected chi connectivity index (χ0v) is 16.6. The highest BCUT2D eigenvalue weighted by atomic mass is 35.5. The van der Waals surface area contributed by atoms with Crippen LogP contribution in [0.2, 0.25) is 5.02 Å². The molecule has 2 N–H and O–H groups in total. The number of ether oxygens (including phenoxy) is 3. The van der Waals surface area contributed by atoms with E-state index in [1.165, 1.54) is 26.1 Å². The number of rotatable bonds is 9. The Morgan fingerprint density at radius 1 is 1.19 bits per heavy atom. The van der Waals surface area contributed by atoms with Gasteiger partial charge < -0.3 is 19.5 Å². The second-order valence-electron chi connectivity index (χ2n) is 5.54. The van der Waals surface area contributed by atoms with Gasteiger partial charge in [-0.3, -0.25) is 10.1 Å². The molecule has 0 fully saturated rings. The van der Waals surface area contributed by atoms with Crippen LogP contribution in [-0.2, 0) is 9.53 Å². The van der Waals surface area contributed by atoms with Crippen molar-refractivity contribution in [1.82, 2.24) is 10.6 Å². The van der Waals surface area contributed by atoms with Gasteiger partial charge in [-0.2, -0.15) is 0 Å². The molecule has 27 heavy (non-hydrogen) atoms. The maximum atomic E-state index is 12.3. The fraction of sp³-hybridized carbons (Fsp3) is 0.500. The molecular weight excluding hydrogens is 376 g/mol. The molecule has 0 unspecified atom stereocenters. The highest BCUT2D eigenvalue weighted by Gasteiger charge is 2.23. The average molecular weight is 401 g/mol. The fourth-order valence-corrected chi connectivity index (χ4v) is 2.23. The van der Waals surface area contributed by atoms with Gasteiger partial charge in [-0.25, -0.2) is 9.59 Å². The summed E-state index contributed by atoms with van der Waals surface area (Å²) in [5, 5.41) is 4.46. The van der Waals surface area contributed by atoms with Crippen LogP contribution in [0.5, 0.6) is 11.5 Å². The number of nitrogens with one attached hydrogen (secondary N) is 2. The van der Waals surface area contributed by atoms with E-state index < -0.39 is 24.0 Å². The van der Waals surface area contributed by atoms with Crippen molar-refractivity contribution in [3.8, 4) is 11.5 Å². The van der Waals surface area contributed by atoms with Gasteiger partial charge in [0.15, 0.2) is 17.6 Å². The molecule has 1 rings (SSSR count). The topological polar surface area (TPSA) is 103 Å². The molecular formula is C18H25ClN2O6. The van der Waals surface area contributed by atoms with Crippen molar-refractivity contribution in [1.29, 1.82) is 0 Å². The molecule has 0 spiro atoms. The van der Waals surface area contributed by atoms with E-state index in [4.69, 9.17) is 25.8 Å². The summed E-state index contributed by atoms with van der Waals surface area (Å²) in [4.78, 5) is 35.3. The first-order chi connectivity index (χ1) is 12.8. The molecule has 9 heteroatoms. The molecule has 1 aromatic carbocycles. The summed E-state index contributed by atoms with van der Waals surface area (Å²) in [5.74, 6) is -0.861. The number of benzene rings is 1. The van der Waals surface area contributed by atoms with E-state index in [1.54, 1.807) is 6.92 Å². The van der Waals surface area contributed by atoms with Crippen molar-refractivity contribution in [3.63, 3.8) is 0 Å². The molecule has 0 saturated carbocycles. The van der Waals surface area contributed by atoms with Crippen LogP contribution >= 0.6 is 11.6 Å². The van der Waals surface area contributed by atoms with Crippen molar-refractivity contribution >= 4 is 29.5 Å². The average Bonchev–Trinajstić information content (AvgIpc) is 2.63. The van der Waals surface area contributed by atoms with Crippen molar-refractivity contribution in [3.05, 3.63) is 22.7 Å². The molecule has 8 nitrogen and oxygen atoms in total. The van der Waals surface area contributed by atoms with Crippen LogP contribution in [0.1, 0.15) is 44.0 Å². The van der Waals surface area contributed by atoms with E-state index in [2.05, 4.69) is 5.32 Å². The Kier molecular flexibility index (Phi) is 9.42. The van der Waals surface area contributed by atoms with Crippen molar-refractivity contribution in [2.75, 3.05) is 20.3 Å². The molecule has 0 aliphatic heterocycles. The van der Waals surface area contributed by atoms with E-state index in [-0.39, 0.29) is 10.6 Å². The summed E-state index contributed by atoms with van der Waals surface area (Å²) in [7, 11) is 1.36. The molecule has 0 aliphatic rings. The lowest BCUT2D eigenvalue weighted by Gasteiger charge is -2.16. The van der Waals surface area contributed by atoms with Crippen molar-refractivity contribution in [2.45, 2.75) is 39.7 Å². The predicted molar refractivity (Wildman–Crippen MR) is 100 cm³/mol. The number of hydrogen-bond acceptors (Lipinski definition) is 6. The Balaban J connectivity index is 2.93. The van der Waals surface area contributed by atoms with Crippen LogP contribution in [0.4, 0.5) is 4.79 Å². The number of halogens is 1. The molecule has 3 amide bonds. The smallest absolute Gasteiger partial charge is 0.339 e. The Morgan fingerprint density at radius 3 is 2.48 bits per heavy atom. The molecule has 0 radical (unpaired) electrons. The number of carbonyl (C=O) groups excluding carboxylic acids is 3. The number of carbonyl (C=O) groups is 3. The molecule has 0 aliphatic carbocycles. The quantitative estimate of drug-likeness (QED) is 0.488. The summed E-state index contributed by atoms with van der Waals surface area (Å²) in [6.07, 6.45) is 0.635. The molecule has 1 atom stereocenters. The Hall–Kier alpha value is -2.48. The molecule has 0 bridgehead atoms. The van der Waals surface area contributed by atoms with E-state index in [1.807, 2.05) is 12.2 Å². The number of unbranched alkanes of at least 4 members (excludes halogenated alkanes) is 1. The van der Waals surface area contributed by atoms with Gasteiger partial charge >= 0.3 is 12.0 Å². The summed E-state index contributed by atoms with van der Waals surface area (Å²) < 4.78 is 16.2. The first kappa shape index (κ1) is 22.6. The van der Waals surface area contributed by atoms with Crippen LogP contribution < -0.4 is 20.1 Å². The summed E-state index contributed by atoms with van der Waals surface area (Å²) >= 11 is 6.24. The van der Waals surface area contributed by atoms with E-state index in [0.717, 1.165) is 12.8 Å². The normalized spacial score (nSPS) is 11.3. The van der Waals surface area contributed by atoms with Gasteiger partial charge in [0.25, 0.3) is 5.91 Å². The molecule has 150 valence electrons. The van der Waals surface area contributed by atoms with Gasteiger partial charge in [0.1, 0.15) is 0 Å². The Morgan fingerprint density at radius 2 is 1.89 bits per heavy atom. The highest BCUT2D eigenvalue weighted by molar-refractivity contribution is 6.32. The molecule has 0 aromatic heterocycles. The van der Waals surface area contributed by atoms with Gasteiger partial charge in [-0.15, -0.1) is 0 Å². The maximum Gasteiger partial charge on any atom is 0.339 e. The molecule has 0 heterocycles. The lowest BCUT2D eigenvalue weighted by Crippen LogP contribution is -2.43. The van der Waals surface area contributed by atoms with Crippen molar-refractivity contribution < 1.29 is 28.6 Å². The number of imide groups is 1. The first-order valence-electron chi connectivity index (χ1n) is 8.66. The minimum atomic E-state index is -1.18. The van der Waals surface area contributed by atoms with Crippen molar-refractivity contribution in [2.24, 2.45) is 0 Å². The predicted octanol–water partition coefficient (Wildman–Crippen LogP) is 2.92. The third-order valence-electron chi connectivity index (χ3n) is 3.41. The van der Waals surface area contributed by atoms with E-state index >= 15 is 0 Å². The standard InChI is InChI=1S/C18H25ClN2O6/c1-5-7-8-26-15-13(19)9-12(10-14(15)25-6-2)17(23)27-11(3)16(22)21-18(24)20-4/h9-11H,5-8H2,1-4H3,(H2,20,21,22,24)/t11-/m1/s1. The van der Waals surface area contributed by atoms with Gasteiger partial charge in [-0.05, 0) is 32.4 Å². The van der Waals surface area contributed by atoms with Gasteiger partial charge in [-0.1, -0.05) is 24.9 Å². The number of esters is 1. The lowest BCUT2D eigenvalue weighted by molar-refractivity contribution is -0.127. The second kappa shape index (κ2) is 11.3. The highest BCUT2D eigenvalue weighted by Crippen LogP contribution is 2.37. The number of urea groups is 1. The van der Waals surface area contributed by atoms with Crippen LogP contribution in [0.25, 0.3) is 0 Å². The van der Waals surface area contributed by atoms with Gasteiger partial charge in [0.05, 0.1) is 23.8 Å². The maximum absolute atomic E-state index is 12.3. The van der Waals surface area contributed by atoms with E-state index in [9.17, 15) is 14.4 Å². The monoisotopic (exact) mass is 400 g/mol. The molecule has 1 aromatic rings. The van der Waals surface area contributed by atoms with Gasteiger partial charge in [0, 0.05) is 7.05 Å². The third kappa shape index (κ3) is 6.97. The summed E-state index contributed by atoms with van der Waals surface area (Å²) in [6, 6.07) is 2.14. The molecule has 0 saturated heterocycles.